The Bertz CT molecular complexity index is 196. The number of hydrogen-bond donors (Lipinski definition) is 0. The molecule has 3 heteroatoms. The maximum Gasteiger partial charge on any atom is 0.0782 e. The standard InChI is InChI=1S/C13H25BrO2/c1-11(2)15-7-8-16-13(10-14)6-4-5-12(3)9-13/h11-12H,4-10H2,1-3H3. The van der Waals surface area contributed by atoms with Crippen molar-refractivity contribution in [3.8, 4) is 0 Å². The predicted octanol–water partition coefficient (Wildman–Crippen LogP) is 3.77. The molecule has 1 fully saturated rings. The molecule has 2 nitrogen and oxygen atoms in total. The van der Waals surface area contributed by atoms with Crippen molar-refractivity contribution in [1.29, 1.82) is 0 Å². The van der Waals surface area contributed by atoms with Crippen LogP contribution in [0.3, 0.4) is 0 Å². The van der Waals surface area contributed by atoms with Crippen molar-refractivity contribution in [3.63, 3.8) is 0 Å². The number of hydrogen-bond acceptors (Lipinski definition) is 2. The van der Waals surface area contributed by atoms with Crippen LogP contribution in [0.15, 0.2) is 0 Å². The molecule has 0 radical (unpaired) electrons. The van der Waals surface area contributed by atoms with Crippen molar-refractivity contribution in [3.05, 3.63) is 0 Å². The van der Waals surface area contributed by atoms with Crippen molar-refractivity contribution < 1.29 is 9.47 Å². The molecule has 0 amide bonds. The summed E-state index contributed by atoms with van der Waals surface area (Å²) in [6.07, 6.45) is 5.30. The van der Waals surface area contributed by atoms with Gasteiger partial charge >= 0.3 is 0 Å². The molecule has 2 atom stereocenters. The van der Waals surface area contributed by atoms with Gasteiger partial charge in [0.2, 0.25) is 0 Å². The lowest BCUT2D eigenvalue weighted by molar-refractivity contribution is -0.0868. The molecule has 0 aromatic heterocycles. The molecule has 16 heavy (non-hydrogen) atoms. The lowest BCUT2D eigenvalue weighted by Gasteiger charge is -2.38. The van der Waals surface area contributed by atoms with Gasteiger partial charge in [0.1, 0.15) is 0 Å². The van der Waals surface area contributed by atoms with E-state index in [9.17, 15) is 0 Å². The highest BCUT2D eigenvalue weighted by Crippen LogP contribution is 2.36. The molecule has 0 bridgehead atoms. The first-order valence-corrected chi connectivity index (χ1v) is 7.52. The maximum absolute atomic E-state index is 6.07. The lowest BCUT2D eigenvalue weighted by Crippen LogP contribution is -2.40. The van der Waals surface area contributed by atoms with Crippen LogP contribution in [-0.4, -0.2) is 30.2 Å². The smallest absolute Gasteiger partial charge is 0.0782 e. The van der Waals surface area contributed by atoms with Gasteiger partial charge in [-0.05, 0) is 32.6 Å². The van der Waals surface area contributed by atoms with Crippen LogP contribution < -0.4 is 0 Å². The van der Waals surface area contributed by atoms with E-state index in [2.05, 4.69) is 36.7 Å². The summed E-state index contributed by atoms with van der Waals surface area (Å²) < 4.78 is 11.6. The monoisotopic (exact) mass is 292 g/mol. The molecule has 0 spiro atoms. The first-order chi connectivity index (χ1) is 7.58. The second-order valence-electron chi connectivity index (χ2n) is 5.29. The van der Waals surface area contributed by atoms with E-state index in [4.69, 9.17) is 9.47 Å². The molecule has 0 aliphatic heterocycles. The average Bonchev–Trinajstić information content (AvgIpc) is 2.24. The van der Waals surface area contributed by atoms with Gasteiger partial charge in [-0.1, -0.05) is 35.7 Å². The first-order valence-electron chi connectivity index (χ1n) is 6.39. The highest BCUT2D eigenvalue weighted by atomic mass is 79.9. The van der Waals surface area contributed by atoms with Crippen LogP contribution in [0.1, 0.15) is 46.5 Å². The summed E-state index contributed by atoms with van der Waals surface area (Å²) in [6, 6.07) is 0. The fourth-order valence-electron chi connectivity index (χ4n) is 2.44. The highest BCUT2D eigenvalue weighted by molar-refractivity contribution is 9.09. The highest BCUT2D eigenvalue weighted by Gasteiger charge is 2.34. The van der Waals surface area contributed by atoms with Crippen LogP contribution >= 0.6 is 15.9 Å². The van der Waals surface area contributed by atoms with Crippen molar-refractivity contribution in [2.24, 2.45) is 5.92 Å². The van der Waals surface area contributed by atoms with Gasteiger partial charge in [0.25, 0.3) is 0 Å². The predicted molar refractivity (Wildman–Crippen MR) is 71.2 cm³/mol. The van der Waals surface area contributed by atoms with Gasteiger partial charge in [0.15, 0.2) is 0 Å². The van der Waals surface area contributed by atoms with Crippen molar-refractivity contribution >= 4 is 15.9 Å². The van der Waals surface area contributed by atoms with Crippen molar-refractivity contribution in [2.75, 3.05) is 18.5 Å². The number of ether oxygens (including phenoxy) is 2. The minimum atomic E-state index is 0.0675. The van der Waals surface area contributed by atoms with E-state index in [1.807, 2.05) is 0 Å². The molecule has 1 saturated carbocycles. The summed E-state index contributed by atoms with van der Waals surface area (Å²) in [6.45, 7) is 7.87. The van der Waals surface area contributed by atoms with E-state index < -0.39 is 0 Å². The molecule has 0 saturated heterocycles. The Morgan fingerprint density at radius 2 is 2.12 bits per heavy atom. The normalized spacial score (nSPS) is 30.9. The average molecular weight is 293 g/mol. The van der Waals surface area contributed by atoms with Gasteiger partial charge in [-0.3, -0.25) is 0 Å². The minimum absolute atomic E-state index is 0.0675. The van der Waals surface area contributed by atoms with Crippen molar-refractivity contribution in [1.82, 2.24) is 0 Å². The van der Waals surface area contributed by atoms with E-state index in [0.29, 0.717) is 12.7 Å². The molecule has 1 aliphatic carbocycles. The Balaban J connectivity index is 2.29. The molecule has 2 unspecified atom stereocenters. The minimum Gasteiger partial charge on any atom is -0.376 e. The Hall–Kier alpha value is 0.400. The third-order valence-corrected chi connectivity index (χ3v) is 4.26. The maximum atomic E-state index is 6.07. The van der Waals surface area contributed by atoms with E-state index in [0.717, 1.165) is 17.9 Å². The van der Waals surface area contributed by atoms with Gasteiger partial charge in [-0.2, -0.15) is 0 Å². The number of alkyl halides is 1. The third-order valence-electron chi connectivity index (χ3n) is 3.24. The van der Waals surface area contributed by atoms with E-state index >= 15 is 0 Å². The second-order valence-corrected chi connectivity index (χ2v) is 5.85. The summed E-state index contributed by atoms with van der Waals surface area (Å²) in [5.74, 6) is 0.789. The van der Waals surface area contributed by atoms with Gasteiger partial charge in [0.05, 0.1) is 24.9 Å². The molecular formula is C13H25BrO2. The summed E-state index contributed by atoms with van der Waals surface area (Å²) in [5, 5.41) is 0.950. The molecule has 0 aromatic carbocycles. The molecule has 0 aromatic rings. The summed E-state index contributed by atoms with van der Waals surface area (Å²) >= 11 is 3.61. The molecule has 0 heterocycles. The van der Waals surface area contributed by atoms with Gasteiger partial charge in [-0.15, -0.1) is 0 Å². The number of rotatable bonds is 6. The Morgan fingerprint density at radius 1 is 1.38 bits per heavy atom. The van der Waals surface area contributed by atoms with Crippen molar-refractivity contribution in [2.45, 2.75) is 58.2 Å². The van der Waals surface area contributed by atoms with Gasteiger partial charge < -0.3 is 9.47 Å². The Morgan fingerprint density at radius 3 is 2.69 bits per heavy atom. The van der Waals surface area contributed by atoms with Crippen LogP contribution in [0.5, 0.6) is 0 Å². The van der Waals surface area contributed by atoms with Crippen LogP contribution in [-0.2, 0) is 9.47 Å². The summed E-state index contributed by atoms with van der Waals surface area (Å²) in [7, 11) is 0. The summed E-state index contributed by atoms with van der Waals surface area (Å²) in [5.41, 5.74) is 0.0675. The van der Waals surface area contributed by atoms with Crippen LogP contribution in [0, 0.1) is 5.92 Å². The second kappa shape index (κ2) is 6.97. The number of halogens is 1. The Kier molecular flexibility index (Phi) is 6.30. The van der Waals surface area contributed by atoms with Crippen LogP contribution in [0.4, 0.5) is 0 Å². The van der Waals surface area contributed by atoms with E-state index in [1.54, 1.807) is 0 Å². The molecule has 96 valence electrons. The molecule has 1 aliphatic rings. The zero-order valence-corrected chi connectivity index (χ0v) is 12.4. The van der Waals surface area contributed by atoms with Gasteiger partial charge in [0, 0.05) is 5.33 Å². The molecule has 1 rings (SSSR count). The van der Waals surface area contributed by atoms with E-state index in [1.165, 1.54) is 25.7 Å². The lowest BCUT2D eigenvalue weighted by atomic mass is 9.80. The fourth-order valence-corrected chi connectivity index (χ4v) is 3.12. The van der Waals surface area contributed by atoms with E-state index in [-0.39, 0.29) is 5.60 Å². The quantitative estimate of drug-likeness (QED) is 0.548. The summed E-state index contributed by atoms with van der Waals surface area (Å²) in [4.78, 5) is 0. The molecular weight excluding hydrogens is 268 g/mol. The zero-order chi connectivity index (χ0) is 12.0. The fraction of sp³-hybridized carbons (Fsp3) is 1.00. The topological polar surface area (TPSA) is 18.5 Å². The first kappa shape index (κ1) is 14.5. The molecule has 0 N–H and O–H groups in total. The van der Waals surface area contributed by atoms with Crippen LogP contribution in [0.2, 0.25) is 0 Å². The largest absolute Gasteiger partial charge is 0.376 e. The Labute approximate surface area is 108 Å². The zero-order valence-electron chi connectivity index (χ0n) is 10.8. The van der Waals surface area contributed by atoms with Gasteiger partial charge in [-0.25, -0.2) is 0 Å². The van der Waals surface area contributed by atoms with Crippen LogP contribution in [0.25, 0.3) is 0 Å². The SMILES string of the molecule is CC1CCCC(CBr)(OCCOC(C)C)C1. The third kappa shape index (κ3) is 4.72.